The van der Waals surface area contributed by atoms with Gasteiger partial charge >= 0.3 is 5.97 Å². The van der Waals surface area contributed by atoms with E-state index in [4.69, 9.17) is 5.11 Å². The number of carboxylic acids is 1. The summed E-state index contributed by atoms with van der Waals surface area (Å²) in [5, 5.41) is 10.2. The molecule has 3 aromatic rings. The number of fused-ring (bicyclic) bond motifs is 1. The molecule has 0 atom stereocenters. The number of carboxylic acid groups (broad SMARTS) is 1. The van der Waals surface area contributed by atoms with Crippen LogP contribution in [0.1, 0.15) is 16.2 Å². The molecule has 0 aliphatic rings. The van der Waals surface area contributed by atoms with Crippen molar-refractivity contribution in [2.45, 2.75) is 6.92 Å². The number of rotatable bonds is 2. The first-order valence-corrected chi connectivity index (χ1v) is 6.33. The van der Waals surface area contributed by atoms with E-state index in [2.05, 4.69) is 9.97 Å². The Morgan fingerprint density at radius 1 is 1.10 bits per heavy atom. The largest absolute Gasteiger partial charge is 0.477 e. The van der Waals surface area contributed by atoms with E-state index in [-0.39, 0.29) is 17.3 Å². The van der Waals surface area contributed by atoms with Crippen molar-refractivity contribution >= 4 is 16.7 Å². The minimum Gasteiger partial charge on any atom is -0.477 e. The number of hydrogen-bond donors (Lipinski definition) is 1. The van der Waals surface area contributed by atoms with Gasteiger partial charge in [0.2, 0.25) is 0 Å². The van der Waals surface area contributed by atoms with Gasteiger partial charge in [0.15, 0.2) is 11.5 Å². The molecule has 0 saturated carbocycles. The molecule has 0 aliphatic heterocycles. The Morgan fingerprint density at radius 2 is 1.81 bits per heavy atom. The van der Waals surface area contributed by atoms with Gasteiger partial charge in [0.1, 0.15) is 5.82 Å². The molecule has 104 valence electrons. The van der Waals surface area contributed by atoms with E-state index in [1.165, 1.54) is 12.1 Å². The Hall–Kier alpha value is -2.82. The van der Waals surface area contributed by atoms with Crippen molar-refractivity contribution in [1.82, 2.24) is 9.97 Å². The lowest BCUT2D eigenvalue weighted by Gasteiger charge is -2.08. The number of nitrogens with zero attached hydrogens (tertiary/aromatic N) is 2. The lowest BCUT2D eigenvalue weighted by Crippen LogP contribution is -2.04. The zero-order valence-electron chi connectivity index (χ0n) is 11.2. The van der Waals surface area contributed by atoms with Crippen LogP contribution in [0.3, 0.4) is 0 Å². The van der Waals surface area contributed by atoms with Gasteiger partial charge in [0.05, 0.1) is 0 Å². The van der Waals surface area contributed by atoms with E-state index < -0.39 is 5.97 Å². The van der Waals surface area contributed by atoms with Crippen molar-refractivity contribution < 1.29 is 14.3 Å². The summed E-state index contributed by atoms with van der Waals surface area (Å²) in [6.45, 7) is 1.70. The molecular formula is C16H11FN2O2. The zero-order chi connectivity index (χ0) is 15.0. The second-order valence-electron chi connectivity index (χ2n) is 4.66. The van der Waals surface area contributed by atoms with Crippen molar-refractivity contribution in [1.29, 1.82) is 0 Å². The molecule has 0 radical (unpaired) electrons. The number of aromatic carboxylic acids is 1. The first kappa shape index (κ1) is 13.2. The third-order valence-electron chi connectivity index (χ3n) is 3.19. The van der Waals surface area contributed by atoms with E-state index in [9.17, 15) is 9.18 Å². The molecule has 1 N–H and O–H groups in total. The van der Waals surface area contributed by atoms with Crippen molar-refractivity contribution in [3.63, 3.8) is 0 Å². The third kappa shape index (κ3) is 2.33. The number of hydrogen-bond acceptors (Lipinski definition) is 3. The summed E-state index contributed by atoms with van der Waals surface area (Å²) in [7, 11) is 0. The van der Waals surface area contributed by atoms with Crippen molar-refractivity contribution in [2.24, 2.45) is 0 Å². The smallest absolute Gasteiger partial charge is 0.354 e. The molecule has 0 unspecified atom stereocenters. The molecule has 2 aromatic carbocycles. The molecular weight excluding hydrogens is 271 g/mol. The maximum Gasteiger partial charge on any atom is 0.354 e. The van der Waals surface area contributed by atoms with Crippen molar-refractivity contribution in [2.75, 3.05) is 0 Å². The normalized spacial score (nSPS) is 10.8. The first-order chi connectivity index (χ1) is 10.1. The zero-order valence-corrected chi connectivity index (χ0v) is 11.2. The molecule has 4 nitrogen and oxygen atoms in total. The molecule has 5 heteroatoms. The van der Waals surface area contributed by atoms with Crippen LogP contribution in [0.15, 0.2) is 42.5 Å². The van der Waals surface area contributed by atoms with Crippen LogP contribution in [-0.4, -0.2) is 21.0 Å². The SMILES string of the molecule is Cc1cc(C(=O)O)nc(-c2ccc(F)c3ccccc23)n1. The Balaban J connectivity index is 2.31. The molecule has 3 rings (SSSR count). The van der Waals surface area contributed by atoms with Gasteiger partial charge in [0, 0.05) is 16.6 Å². The highest BCUT2D eigenvalue weighted by Gasteiger charge is 2.13. The van der Waals surface area contributed by atoms with Crippen LogP contribution in [0, 0.1) is 12.7 Å². The van der Waals surface area contributed by atoms with E-state index >= 15 is 0 Å². The minimum absolute atomic E-state index is 0.0779. The quantitative estimate of drug-likeness (QED) is 0.782. The molecule has 0 fully saturated rings. The summed E-state index contributed by atoms with van der Waals surface area (Å²) in [6.07, 6.45) is 0. The number of aromatic nitrogens is 2. The fourth-order valence-electron chi connectivity index (χ4n) is 2.26. The highest BCUT2D eigenvalue weighted by Crippen LogP contribution is 2.28. The van der Waals surface area contributed by atoms with Gasteiger partial charge in [-0.1, -0.05) is 24.3 Å². The Bertz CT molecular complexity index is 862. The van der Waals surface area contributed by atoms with Crippen LogP contribution in [0.25, 0.3) is 22.2 Å². The lowest BCUT2D eigenvalue weighted by molar-refractivity contribution is 0.0690. The van der Waals surface area contributed by atoms with E-state index in [1.807, 2.05) is 0 Å². The predicted octanol–water partition coefficient (Wildman–Crippen LogP) is 3.44. The molecule has 1 heterocycles. The van der Waals surface area contributed by atoms with Gasteiger partial charge in [0.25, 0.3) is 0 Å². The molecule has 0 bridgehead atoms. The van der Waals surface area contributed by atoms with Crippen LogP contribution in [-0.2, 0) is 0 Å². The first-order valence-electron chi connectivity index (χ1n) is 6.33. The van der Waals surface area contributed by atoms with Crippen LogP contribution in [0.5, 0.6) is 0 Å². The number of aryl methyl sites for hydroxylation is 1. The number of carbonyl (C=O) groups is 1. The third-order valence-corrected chi connectivity index (χ3v) is 3.19. The average Bonchev–Trinajstić information content (AvgIpc) is 2.47. The molecule has 0 spiro atoms. The highest BCUT2D eigenvalue weighted by atomic mass is 19.1. The summed E-state index contributed by atoms with van der Waals surface area (Å²) in [6, 6.07) is 11.3. The predicted molar refractivity (Wildman–Crippen MR) is 76.6 cm³/mol. The van der Waals surface area contributed by atoms with E-state index in [0.717, 1.165) is 0 Å². The van der Waals surface area contributed by atoms with Crippen LogP contribution >= 0.6 is 0 Å². The molecule has 1 aromatic heterocycles. The van der Waals surface area contributed by atoms with Gasteiger partial charge in [-0.2, -0.15) is 0 Å². The monoisotopic (exact) mass is 282 g/mol. The maximum absolute atomic E-state index is 13.8. The second-order valence-corrected chi connectivity index (χ2v) is 4.66. The molecule has 0 amide bonds. The van der Waals surface area contributed by atoms with Gasteiger partial charge in [-0.3, -0.25) is 0 Å². The maximum atomic E-state index is 13.8. The van der Waals surface area contributed by atoms with E-state index in [1.54, 1.807) is 37.3 Å². The Labute approximate surface area is 119 Å². The Morgan fingerprint density at radius 3 is 2.52 bits per heavy atom. The fraction of sp³-hybridized carbons (Fsp3) is 0.0625. The molecule has 0 aliphatic carbocycles. The van der Waals surface area contributed by atoms with Crippen LogP contribution in [0.4, 0.5) is 4.39 Å². The summed E-state index contributed by atoms with van der Waals surface area (Å²) >= 11 is 0. The summed E-state index contributed by atoms with van der Waals surface area (Å²) < 4.78 is 13.8. The average molecular weight is 282 g/mol. The van der Waals surface area contributed by atoms with Crippen molar-refractivity contribution in [3.8, 4) is 11.4 Å². The Kier molecular flexibility index (Phi) is 3.10. The van der Waals surface area contributed by atoms with Crippen LogP contribution in [0.2, 0.25) is 0 Å². The summed E-state index contributed by atoms with van der Waals surface area (Å²) in [4.78, 5) is 19.4. The van der Waals surface area contributed by atoms with Gasteiger partial charge in [-0.15, -0.1) is 0 Å². The second kappa shape index (κ2) is 4.94. The van der Waals surface area contributed by atoms with Crippen molar-refractivity contribution in [3.05, 3.63) is 59.7 Å². The standard InChI is InChI=1S/C16H11FN2O2/c1-9-8-14(16(20)21)19-15(18-9)12-6-7-13(17)11-5-3-2-4-10(11)12/h2-8H,1H3,(H,20,21). The molecule has 0 saturated heterocycles. The number of halogens is 1. The van der Waals surface area contributed by atoms with Gasteiger partial charge in [-0.05, 0) is 30.5 Å². The summed E-state index contributed by atoms with van der Waals surface area (Å²) in [5.74, 6) is -1.17. The van der Waals surface area contributed by atoms with E-state index in [0.29, 0.717) is 22.0 Å². The lowest BCUT2D eigenvalue weighted by atomic mass is 10.0. The van der Waals surface area contributed by atoms with Crippen LogP contribution < -0.4 is 0 Å². The minimum atomic E-state index is -1.12. The fourth-order valence-corrected chi connectivity index (χ4v) is 2.26. The van der Waals surface area contributed by atoms with Gasteiger partial charge < -0.3 is 5.11 Å². The number of benzene rings is 2. The highest BCUT2D eigenvalue weighted by molar-refractivity contribution is 5.96. The van der Waals surface area contributed by atoms with Gasteiger partial charge in [-0.25, -0.2) is 19.2 Å². The molecule has 21 heavy (non-hydrogen) atoms. The summed E-state index contributed by atoms with van der Waals surface area (Å²) in [5.41, 5.74) is 1.08. The topological polar surface area (TPSA) is 63.1 Å².